The van der Waals surface area contributed by atoms with Gasteiger partial charge in [0.05, 0.1) is 24.7 Å². The van der Waals surface area contributed by atoms with Gasteiger partial charge in [0, 0.05) is 19.1 Å². The number of hydrogen-bond acceptors (Lipinski definition) is 6. The number of fused-ring (bicyclic) bond motifs is 1. The quantitative estimate of drug-likeness (QED) is 0.416. The maximum atomic E-state index is 14.2. The van der Waals surface area contributed by atoms with E-state index in [1.54, 1.807) is 13.0 Å². The summed E-state index contributed by atoms with van der Waals surface area (Å²) in [6, 6.07) is -0.748. The summed E-state index contributed by atoms with van der Waals surface area (Å²) in [5, 5.41) is 9.75. The highest BCUT2D eigenvalue weighted by atomic mass is 16.6. The van der Waals surface area contributed by atoms with Crippen LogP contribution in [-0.4, -0.2) is 82.3 Å². The number of carbonyl (C=O) groups is 3. The molecule has 8 nitrogen and oxygen atoms in total. The molecule has 3 aliphatic heterocycles. The van der Waals surface area contributed by atoms with E-state index in [1.165, 1.54) is 11.3 Å². The summed E-state index contributed by atoms with van der Waals surface area (Å²) < 4.78 is 12.1. The lowest BCUT2D eigenvalue weighted by Gasteiger charge is -2.40. The molecule has 3 saturated heterocycles. The topological polar surface area (TPSA) is 96.4 Å². The molecule has 1 saturated carbocycles. The van der Waals surface area contributed by atoms with Crippen molar-refractivity contribution in [3.8, 4) is 0 Å². The number of esters is 1. The average molecular weight is 463 g/mol. The molecule has 0 aromatic rings. The molecule has 8 heteroatoms. The van der Waals surface area contributed by atoms with E-state index in [2.05, 4.69) is 6.58 Å². The fraction of sp³-hybridized carbons (Fsp3) is 0.800. The Morgan fingerprint density at radius 2 is 2.00 bits per heavy atom. The second-order valence-corrected chi connectivity index (χ2v) is 9.91. The number of rotatable bonds is 9. The van der Waals surface area contributed by atoms with E-state index in [9.17, 15) is 19.5 Å². The summed E-state index contributed by atoms with van der Waals surface area (Å²) in [6.07, 6.45) is 8.63. The number of aliphatic hydroxyl groups excluding tert-OH is 1. The number of carbonyl (C=O) groups excluding carboxylic acids is 3. The lowest BCUT2D eigenvalue weighted by molar-refractivity contribution is -0.162. The van der Waals surface area contributed by atoms with Crippen molar-refractivity contribution in [1.29, 1.82) is 0 Å². The Bertz CT molecular complexity index is 796. The van der Waals surface area contributed by atoms with Crippen molar-refractivity contribution in [2.24, 2.45) is 11.8 Å². The minimum Gasteiger partial charge on any atom is -0.466 e. The summed E-state index contributed by atoms with van der Waals surface area (Å²) >= 11 is 0. The van der Waals surface area contributed by atoms with Crippen LogP contribution in [0.15, 0.2) is 12.7 Å². The zero-order valence-corrected chi connectivity index (χ0v) is 20.0. The van der Waals surface area contributed by atoms with Crippen molar-refractivity contribution in [2.75, 3.05) is 26.3 Å². The third kappa shape index (κ3) is 3.60. The van der Waals surface area contributed by atoms with Gasteiger partial charge in [0.1, 0.15) is 17.6 Å². The van der Waals surface area contributed by atoms with Crippen LogP contribution in [-0.2, 0) is 23.9 Å². The largest absolute Gasteiger partial charge is 0.466 e. The molecule has 1 N–H and O–H groups in total. The highest BCUT2D eigenvalue weighted by Crippen LogP contribution is 2.64. The van der Waals surface area contributed by atoms with Crippen LogP contribution in [0.25, 0.3) is 0 Å². The van der Waals surface area contributed by atoms with E-state index >= 15 is 0 Å². The molecule has 4 aliphatic rings. The molecule has 2 amide bonds. The number of nitrogens with zero attached hydrogens (tertiary/aromatic N) is 2. The lowest BCUT2D eigenvalue weighted by Crippen LogP contribution is -2.58. The van der Waals surface area contributed by atoms with E-state index in [1.807, 2.05) is 11.8 Å². The predicted molar refractivity (Wildman–Crippen MR) is 121 cm³/mol. The van der Waals surface area contributed by atoms with Crippen molar-refractivity contribution >= 4 is 17.8 Å². The van der Waals surface area contributed by atoms with Crippen molar-refractivity contribution < 1.29 is 29.0 Å². The van der Waals surface area contributed by atoms with Gasteiger partial charge < -0.3 is 24.4 Å². The molecule has 1 aliphatic carbocycles. The standard InChI is InChI=1S/C25H38N2O6/c1-4-14-26(17-10-8-7-9-11-17)22(30)20-25-13-12-24(5-2,33-25)19(23(31)32-6-3)18(25)21(29)27(20)15-16-28/h4,17-20,28H,1,5-16H2,2-3H3/t18-,19+,20?,24-,25?/m0/s1. The van der Waals surface area contributed by atoms with E-state index in [4.69, 9.17) is 9.47 Å². The van der Waals surface area contributed by atoms with Gasteiger partial charge in [-0.1, -0.05) is 32.3 Å². The van der Waals surface area contributed by atoms with Crippen LogP contribution in [0.3, 0.4) is 0 Å². The van der Waals surface area contributed by atoms with Gasteiger partial charge >= 0.3 is 5.97 Å². The first-order valence-corrected chi connectivity index (χ1v) is 12.6. The molecule has 1 spiro atoms. The molecule has 2 bridgehead atoms. The van der Waals surface area contributed by atoms with E-state index in [-0.39, 0.29) is 37.6 Å². The molecule has 4 fully saturated rings. The van der Waals surface area contributed by atoms with Gasteiger partial charge in [0.2, 0.25) is 11.8 Å². The van der Waals surface area contributed by atoms with Crippen LogP contribution in [0.4, 0.5) is 0 Å². The fourth-order valence-corrected chi connectivity index (χ4v) is 7.04. The van der Waals surface area contributed by atoms with E-state index in [0.717, 1.165) is 25.7 Å². The Morgan fingerprint density at radius 3 is 2.61 bits per heavy atom. The molecule has 0 aromatic carbocycles. The first-order valence-electron chi connectivity index (χ1n) is 12.6. The summed E-state index contributed by atoms with van der Waals surface area (Å²) in [5.41, 5.74) is -1.85. The van der Waals surface area contributed by atoms with Crippen molar-refractivity contribution in [3.63, 3.8) is 0 Å². The molecule has 184 valence electrons. The molecule has 4 rings (SSSR count). The molecule has 2 unspecified atom stereocenters. The van der Waals surface area contributed by atoms with E-state index < -0.39 is 35.0 Å². The number of hydrogen-bond donors (Lipinski definition) is 1. The number of β-amino-alcohol motifs (C(OH)–C–C–N with tert-alkyl or cyclic N) is 1. The normalized spacial score (nSPS) is 35.5. The molecule has 33 heavy (non-hydrogen) atoms. The summed E-state index contributed by atoms with van der Waals surface area (Å²) in [4.78, 5) is 44.4. The maximum Gasteiger partial charge on any atom is 0.312 e. The van der Waals surface area contributed by atoms with Crippen molar-refractivity contribution in [2.45, 2.75) is 88.5 Å². The molecule has 0 radical (unpaired) electrons. The Morgan fingerprint density at radius 1 is 1.27 bits per heavy atom. The third-order valence-electron chi connectivity index (χ3n) is 8.42. The van der Waals surface area contributed by atoms with Gasteiger partial charge in [0.25, 0.3) is 0 Å². The monoisotopic (exact) mass is 462 g/mol. The highest BCUT2D eigenvalue weighted by molar-refractivity contribution is 5.98. The van der Waals surface area contributed by atoms with Crippen molar-refractivity contribution in [3.05, 3.63) is 12.7 Å². The highest BCUT2D eigenvalue weighted by Gasteiger charge is 2.79. The third-order valence-corrected chi connectivity index (χ3v) is 8.42. The zero-order chi connectivity index (χ0) is 23.8. The number of ether oxygens (including phenoxy) is 2. The molecule has 3 heterocycles. The Balaban J connectivity index is 1.75. The Hall–Kier alpha value is -1.93. The number of amides is 2. The van der Waals surface area contributed by atoms with Crippen LogP contribution in [0.1, 0.15) is 65.2 Å². The Labute approximate surface area is 196 Å². The lowest BCUT2D eigenvalue weighted by atomic mass is 9.65. The average Bonchev–Trinajstić information content (AvgIpc) is 3.42. The van der Waals surface area contributed by atoms with Crippen LogP contribution in [0.2, 0.25) is 0 Å². The van der Waals surface area contributed by atoms with Gasteiger partial charge in [-0.2, -0.15) is 0 Å². The van der Waals surface area contributed by atoms with Crippen LogP contribution < -0.4 is 0 Å². The van der Waals surface area contributed by atoms with Gasteiger partial charge in [-0.3, -0.25) is 14.4 Å². The summed E-state index contributed by atoms with van der Waals surface area (Å²) in [5.74, 6) is -2.35. The molecular weight excluding hydrogens is 424 g/mol. The minimum absolute atomic E-state index is 0.0398. The second kappa shape index (κ2) is 9.37. The number of likely N-dealkylation sites (tertiary alicyclic amines) is 1. The first-order chi connectivity index (χ1) is 15.9. The first kappa shape index (κ1) is 24.2. The molecule has 0 aromatic heterocycles. The smallest absolute Gasteiger partial charge is 0.312 e. The molecular formula is C25H38N2O6. The van der Waals surface area contributed by atoms with Crippen LogP contribution >= 0.6 is 0 Å². The SMILES string of the molecule is C=CCN(C(=O)C1N(CCO)C(=O)[C@@H]2[C@H](C(=O)OCC)[C@]3(CC)CCC12O3)C1CCCCC1. The van der Waals surface area contributed by atoms with Crippen molar-refractivity contribution in [1.82, 2.24) is 9.80 Å². The maximum absolute atomic E-state index is 14.2. The predicted octanol–water partition coefficient (Wildman–Crippen LogP) is 2.04. The van der Waals surface area contributed by atoms with Gasteiger partial charge in [-0.15, -0.1) is 6.58 Å². The number of aliphatic hydroxyl groups is 1. The summed E-state index contributed by atoms with van der Waals surface area (Å²) in [6.45, 7) is 7.98. The fourth-order valence-electron chi connectivity index (χ4n) is 7.04. The van der Waals surface area contributed by atoms with Crippen LogP contribution in [0, 0.1) is 11.8 Å². The van der Waals surface area contributed by atoms with E-state index in [0.29, 0.717) is 25.8 Å². The summed E-state index contributed by atoms with van der Waals surface area (Å²) in [7, 11) is 0. The van der Waals surface area contributed by atoms with Gasteiger partial charge in [-0.05, 0) is 39.0 Å². The van der Waals surface area contributed by atoms with Gasteiger partial charge in [-0.25, -0.2) is 0 Å². The molecule has 5 atom stereocenters. The Kier molecular flexibility index (Phi) is 6.87. The van der Waals surface area contributed by atoms with Gasteiger partial charge in [0.15, 0.2) is 0 Å². The second-order valence-electron chi connectivity index (χ2n) is 9.91. The zero-order valence-electron chi connectivity index (χ0n) is 20.0. The minimum atomic E-state index is -1.06. The van der Waals surface area contributed by atoms with Crippen LogP contribution in [0.5, 0.6) is 0 Å².